The molecular weight excluding hydrogens is 594 g/mol. The highest BCUT2D eigenvalue weighted by atomic mass is 35.5. The fourth-order valence-corrected chi connectivity index (χ4v) is 4.65. The second-order valence-corrected chi connectivity index (χ2v) is 10.1. The van der Waals surface area contributed by atoms with Crippen LogP contribution in [0.15, 0.2) is 30.3 Å². The monoisotopic (exact) mass is 626 g/mol. The smallest absolute Gasteiger partial charge is 0.335 e. The van der Waals surface area contributed by atoms with Crippen molar-refractivity contribution < 1.29 is 43.1 Å². The molecule has 3 aromatic rings. The molecular formula is C29H33Cl2FN2O8. The number of aryl methyl sites for hydroxylation is 2. The first-order valence-corrected chi connectivity index (χ1v) is 14.1. The number of aromatic amines is 1. The minimum atomic E-state index is -1.15. The number of H-pyrrole nitrogens is 1. The molecule has 10 nitrogen and oxygen atoms in total. The zero-order valence-corrected chi connectivity index (χ0v) is 24.6. The molecule has 0 unspecified atom stereocenters. The third-order valence-corrected chi connectivity index (χ3v) is 6.71. The van der Waals surface area contributed by atoms with Gasteiger partial charge < -0.3 is 29.2 Å². The Kier molecular flexibility index (Phi) is 13.3. The van der Waals surface area contributed by atoms with Crippen LogP contribution in [0, 0.1) is 12.7 Å². The molecule has 13 heteroatoms. The number of hydrogen-bond donors (Lipinski definition) is 3. The van der Waals surface area contributed by atoms with Crippen molar-refractivity contribution in [1.29, 1.82) is 0 Å². The van der Waals surface area contributed by atoms with E-state index in [1.807, 2.05) is 6.92 Å². The lowest BCUT2D eigenvalue weighted by molar-refractivity contribution is -0.136. The molecule has 0 bridgehead atoms. The van der Waals surface area contributed by atoms with E-state index in [2.05, 4.69) is 10.2 Å². The van der Waals surface area contributed by atoms with E-state index in [4.69, 9.17) is 52.4 Å². The number of hydrogen-bond acceptors (Lipinski definition) is 7. The number of benzene rings is 2. The number of nitrogens with one attached hydrogen (secondary N) is 1. The Hall–Kier alpha value is -3.38. The minimum absolute atomic E-state index is 0.0100. The summed E-state index contributed by atoms with van der Waals surface area (Å²) in [6.45, 7) is 3.95. The molecule has 0 radical (unpaired) electrons. The maximum atomic E-state index is 13.9. The quantitative estimate of drug-likeness (QED) is 0.139. The van der Waals surface area contributed by atoms with Crippen LogP contribution in [0.25, 0.3) is 0 Å². The standard InChI is InChI=1S/C29H33Cl2FN2O8/c1-18-21(4-2-10-41-26-16-20(29(37)38)6-7-24(26)32)25(34-33-18)17-40-13-12-39-9-3-11-42-28-22(30)14-19(15-23(28)31)5-8-27(35)36/h6-7,14-16H,2-5,8-13,17H2,1H3,(H,33,34)(H,35,36)(H,37,38). The van der Waals surface area contributed by atoms with E-state index in [0.29, 0.717) is 74.5 Å². The molecule has 0 spiro atoms. The van der Waals surface area contributed by atoms with Crippen molar-refractivity contribution in [3.05, 3.63) is 74.3 Å². The van der Waals surface area contributed by atoms with Gasteiger partial charge >= 0.3 is 11.9 Å². The Morgan fingerprint density at radius 3 is 2.36 bits per heavy atom. The van der Waals surface area contributed by atoms with E-state index >= 15 is 0 Å². The first kappa shape index (κ1) is 33.1. The van der Waals surface area contributed by atoms with Gasteiger partial charge in [0.15, 0.2) is 17.3 Å². The Labute approximate surface area is 252 Å². The lowest BCUT2D eigenvalue weighted by Gasteiger charge is -2.12. The Morgan fingerprint density at radius 2 is 1.64 bits per heavy atom. The van der Waals surface area contributed by atoms with E-state index in [1.165, 1.54) is 12.1 Å². The lowest BCUT2D eigenvalue weighted by atomic mass is 10.1. The van der Waals surface area contributed by atoms with Crippen molar-refractivity contribution in [2.75, 3.05) is 33.0 Å². The van der Waals surface area contributed by atoms with Crippen LogP contribution in [0.1, 0.15) is 52.1 Å². The number of aromatic nitrogens is 2. The Bertz CT molecular complexity index is 1330. The molecule has 0 saturated carbocycles. The molecule has 1 heterocycles. The molecule has 42 heavy (non-hydrogen) atoms. The zero-order valence-electron chi connectivity index (χ0n) is 23.1. The highest BCUT2D eigenvalue weighted by Crippen LogP contribution is 2.34. The zero-order chi connectivity index (χ0) is 30.5. The molecule has 3 N–H and O–H groups in total. The molecule has 0 aliphatic heterocycles. The van der Waals surface area contributed by atoms with Crippen molar-refractivity contribution in [2.45, 2.75) is 45.6 Å². The van der Waals surface area contributed by atoms with Crippen molar-refractivity contribution in [3.8, 4) is 11.5 Å². The van der Waals surface area contributed by atoms with Gasteiger partial charge in [-0.1, -0.05) is 23.2 Å². The molecule has 2 aromatic carbocycles. The van der Waals surface area contributed by atoms with Gasteiger partial charge in [-0.15, -0.1) is 0 Å². The predicted molar refractivity (Wildman–Crippen MR) is 154 cm³/mol. The van der Waals surface area contributed by atoms with Gasteiger partial charge in [-0.3, -0.25) is 9.89 Å². The predicted octanol–water partition coefficient (Wildman–Crippen LogP) is 5.89. The summed E-state index contributed by atoms with van der Waals surface area (Å²) in [5.41, 5.74) is 3.35. The number of aliphatic carboxylic acids is 1. The highest BCUT2D eigenvalue weighted by molar-refractivity contribution is 6.37. The van der Waals surface area contributed by atoms with Crippen molar-refractivity contribution in [2.24, 2.45) is 0 Å². The molecule has 0 atom stereocenters. The molecule has 1 aromatic heterocycles. The maximum Gasteiger partial charge on any atom is 0.335 e. The maximum absolute atomic E-state index is 13.9. The normalized spacial score (nSPS) is 11.0. The molecule has 0 amide bonds. The molecule has 0 aliphatic rings. The number of carbonyl (C=O) groups is 2. The van der Waals surface area contributed by atoms with Gasteiger partial charge in [0.25, 0.3) is 0 Å². The van der Waals surface area contributed by atoms with E-state index in [9.17, 15) is 14.0 Å². The van der Waals surface area contributed by atoms with Gasteiger partial charge in [-0.25, -0.2) is 9.18 Å². The van der Waals surface area contributed by atoms with Crippen LogP contribution < -0.4 is 9.47 Å². The van der Waals surface area contributed by atoms with E-state index in [1.54, 1.807) is 12.1 Å². The summed E-state index contributed by atoms with van der Waals surface area (Å²) in [4.78, 5) is 21.8. The van der Waals surface area contributed by atoms with Crippen LogP contribution in [0.4, 0.5) is 4.39 Å². The van der Waals surface area contributed by atoms with Gasteiger partial charge in [0.2, 0.25) is 0 Å². The van der Waals surface area contributed by atoms with Crippen molar-refractivity contribution >= 4 is 35.1 Å². The molecule has 3 rings (SSSR count). The number of aromatic carboxylic acids is 1. The average Bonchev–Trinajstić information content (AvgIpc) is 3.29. The number of halogens is 3. The third-order valence-electron chi connectivity index (χ3n) is 6.15. The molecule has 0 aliphatic carbocycles. The second kappa shape index (κ2) is 16.9. The van der Waals surface area contributed by atoms with Crippen LogP contribution in [0.3, 0.4) is 0 Å². The largest absolute Gasteiger partial charge is 0.490 e. The van der Waals surface area contributed by atoms with Crippen molar-refractivity contribution in [1.82, 2.24) is 10.2 Å². The Balaban J connectivity index is 1.30. The number of carboxylic acids is 2. The fraction of sp³-hybridized carbons (Fsp3) is 0.414. The van der Waals surface area contributed by atoms with Gasteiger partial charge in [-0.05, 0) is 67.6 Å². The van der Waals surface area contributed by atoms with Crippen LogP contribution in [0.5, 0.6) is 11.5 Å². The number of carboxylic acid groups (broad SMARTS) is 2. The number of ether oxygens (including phenoxy) is 4. The summed E-state index contributed by atoms with van der Waals surface area (Å²) in [5.74, 6) is -2.39. The van der Waals surface area contributed by atoms with E-state index in [-0.39, 0.29) is 24.3 Å². The van der Waals surface area contributed by atoms with E-state index in [0.717, 1.165) is 28.6 Å². The second-order valence-electron chi connectivity index (χ2n) is 9.32. The first-order chi connectivity index (χ1) is 20.2. The molecule has 0 fully saturated rings. The van der Waals surface area contributed by atoms with Crippen LogP contribution in [-0.4, -0.2) is 65.4 Å². The highest BCUT2D eigenvalue weighted by Gasteiger charge is 2.13. The van der Waals surface area contributed by atoms with Gasteiger partial charge in [-0.2, -0.15) is 5.10 Å². The first-order valence-electron chi connectivity index (χ1n) is 13.3. The van der Waals surface area contributed by atoms with Gasteiger partial charge in [0.05, 0.1) is 60.0 Å². The fourth-order valence-electron chi connectivity index (χ4n) is 4.01. The third kappa shape index (κ3) is 10.5. The topological polar surface area (TPSA) is 140 Å². The molecule has 228 valence electrons. The van der Waals surface area contributed by atoms with Crippen LogP contribution >= 0.6 is 23.2 Å². The molecule has 0 saturated heterocycles. The van der Waals surface area contributed by atoms with Gasteiger partial charge in [0.1, 0.15) is 0 Å². The summed E-state index contributed by atoms with van der Waals surface area (Å²) in [6, 6.07) is 6.75. The number of nitrogens with zero attached hydrogens (tertiary/aromatic N) is 1. The average molecular weight is 627 g/mol. The lowest BCUT2D eigenvalue weighted by Crippen LogP contribution is -2.09. The number of rotatable bonds is 19. The summed E-state index contributed by atoms with van der Waals surface area (Å²) >= 11 is 12.5. The van der Waals surface area contributed by atoms with Crippen molar-refractivity contribution in [3.63, 3.8) is 0 Å². The van der Waals surface area contributed by atoms with Crippen LogP contribution in [0.2, 0.25) is 10.0 Å². The van der Waals surface area contributed by atoms with Crippen LogP contribution in [-0.2, 0) is 33.7 Å². The van der Waals surface area contributed by atoms with E-state index < -0.39 is 17.8 Å². The summed E-state index contributed by atoms with van der Waals surface area (Å²) < 4.78 is 36.4. The summed E-state index contributed by atoms with van der Waals surface area (Å²) in [7, 11) is 0. The van der Waals surface area contributed by atoms with Gasteiger partial charge in [0, 0.05) is 19.4 Å². The summed E-state index contributed by atoms with van der Waals surface area (Å²) in [5, 5.41) is 25.8. The minimum Gasteiger partial charge on any atom is -0.490 e. The summed E-state index contributed by atoms with van der Waals surface area (Å²) in [6.07, 6.45) is 2.11. The SMILES string of the molecule is Cc1n[nH]c(COCCOCCCOc2c(Cl)cc(CCC(=O)O)cc2Cl)c1CCCOc1cc(C(=O)O)ccc1F. The Morgan fingerprint density at radius 1 is 0.929 bits per heavy atom.